The molecule has 0 saturated heterocycles. The van der Waals surface area contributed by atoms with Crippen LogP contribution in [0.1, 0.15) is 92.5 Å². The molecule has 3 rings (SSSR count). The molecule has 0 heterocycles. The molecule has 0 amide bonds. The van der Waals surface area contributed by atoms with Crippen LogP contribution in [0.4, 0.5) is 0 Å². The van der Waals surface area contributed by atoms with Crippen molar-refractivity contribution in [3.05, 3.63) is 101 Å². The Morgan fingerprint density at radius 3 is 1.44 bits per heavy atom. The molecular formula is C31H40S. The minimum absolute atomic E-state index is 0.951. The summed E-state index contributed by atoms with van der Waals surface area (Å²) in [6.07, 6.45) is 15.5. The van der Waals surface area contributed by atoms with Gasteiger partial charge < -0.3 is 0 Å². The van der Waals surface area contributed by atoms with Crippen LogP contribution in [0.2, 0.25) is 0 Å². The first-order chi connectivity index (χ1) is 15.8. The van der Waals surface area contributed by atoms with E-state index in [1.807, 2.05) is 0 Å². The van der Waals surface area contributed by atoms with Gasteiger partial charge in [0.25, 0.3) is 0 Å². The van der Waals surface area contributed by atoms with E-state index < -0.39 is 0 Å². The molecule has 0 spiro atoms. The third-order valence-electron chi connectivity index (χ3n) is 6.37. The molecule has 0 N–H and O–H groups in total. The second-order valence-corrected chi connectivity index (χ2v) is 9.61. The van der Waals surface area contributed by atoms with Gasteiger partial charge in [0, 0.05) is 4.90 Å². The minimum Gasteiger partial charge on any atom is -0.143 e. The summed E-state index contributed by atoms with van der Waals surface area (Å²) in [4.78, 5) is 1.16. The molecule has 0 radical (unpaired) electrons. The Hall–Kier alpha value is -1.99. The molecule has 32 heavy (non-hydrogen) atoms. The summed E-state index contributed by atoms with van der Waals surface area (Å²) >= 11 is 4.99. The maximum atomic E-state index is 4.99. The van der Waals surface area contributed by atoms with E-state index in [-0.39, 0.29) is 0 Å². The molecule has 1 heteroatoms. The minimum atomic E-state index is 0.951. The lowest BCUT2D eigenvalue weighted by molar-refractivity contribution is 0.564. The Kier molecular flexibility index (Phi) is 11.0. The number of thiol groups is 1. The summed E-state index contributed by atoms with van der Waals surface area (Å²) in [5.41, 5.74) is 6.91. The highest BCUT2D eigenvalue weighted by Gasteiger charge is 2.10. The Labute approximate surface area is 201 Å². The quantitative estimate of drug-likeness (QED) is 0.186. The summed E-state index contributed by atoms with van der Waals surface area (Å²) < 4.78 is 0. The molecular weight excluding hydrogens is 404 g/mol. The maximum absolute atomic E-state index is 4.99. The van der Waals surface area contributed by atoms with Crippen LogP contribution >= 0.6 is 12.6 Å². The van der Waals surface area contributed by atoms with E-state index in [0.29, 0.717) is 0 Å². The average Bonchev–Trinajstić information content (AvgIpc) is 2.82. The first-order valence-electron chi connectivity index (χ1n) is 12.7. The molecule has 0 fully saturated rings. The molecule has 0 aromatic heterocycles. The number of aryl methyl sites for hydroxylation is 1. The van der Waals surface area contributed by atoms with Crippen LogP contribution in [-0.4, -0.2) is 0 Å². The molecule has 170 valence electrons. The highest BCUT2D eigenvalue weighted by Crippen LogP contribution is 2.27. The standard InChI is InChI=1S/C31H40S/c1-2-3-4-5-6-7-8-9-12-21-28-24-29(22-26-17-13-10-14-18-26)31(32)30(25-28)23-27-19-15-11-16-20-27/h10-11,13-20,24-25,32H,2-9,12,21-23H2,1H3. The maximum Gasteiger partial charge on any atom is 0.0111 e. The second-order valence-electron chi connectivity index (χ2n) is 9.17. The molecule has 0 aliphatic heterocycles. The van der Waals surface area contributed by atoms with Crippen molar-refractivity contribution in [3.8, 4) is 0 Å². The normalized spacial score (nSPS) is 11.1. The van der Waals surface area contributed by atoms with Gasteiger partial charge in [-0.2, -0.15) is 0 Å². The molecule has 0 aliphatic rings. The highest BCUT2D eigenvalue weighted by molar-refractivity contribution is 7.80. The van der Waals surface area contributed by atoms with Crippen molar-refractivity contribution in [1.82, 2.24) is 0 Å². The van der Waals surface area contributed by atoms with Crippen molar-refractivity contribution in [2.75, 3.05) is 0 Å². The van der Waals surface area contributed by atoms with Gasteiger partial charge in [0.05, 0.1) is 0 Å². The smallest absolute Gasteiger partial charge is 0.0111 e. The summed E-state index contributed by atoms with van der Waals surface area (Å²) in [5.74, 6) is 0. The largest absolute Gasteiger partial charge is 0.143 e. The Morgan fingerprint density at radius 1 is 0.531 bits per heavy atom. The van der Waals surface area contributed by atoms with Gasteiger partial charge in [0.2, 0.25) is 0 Å². The fraction of sp³-hybridized carbons (Fsp3) is 0.419. The number of benzene rings is 3. The monoisotopic (exact) mass is 444 g/mol. The summed E-state index contributed by atoms with van der Waals surface area (Å²) in [6, 6.07) is 26.4. The Balaban J connectivity index is 1.62. The van der Waals surface area contributed by atoms with E-state index in [1.165, 1.54) is 92.0 Å². The van der Waals surface area contributed by atoms with E-state index in [4.69, 9.17) is 12.6 Å². The molecule has 0 atom stereocenters. The van der Waals surface area contributed by atoms with Crippen molar-refractivity contribution in [3.63, 3.8) is 0 Å². The molecule has 0 unspecified atom stereocenters. The molecule has 3 aromatic rings. The zero-order valence-electron chi connectivity index (χ0n) is 19.9. The van der Waals surface area contributed by atoms with E-state index in [1.54, 1.807) is 0 Å². The first kappa shape index (κ1) is 24.6. The molecule has 0 saturated carbocycles. The fourth-order valence-corrected chi connectivity index (χ4v) is 4.80. The Bertz CT molecular complexity index is 836. The molecule has 0 nitrogen and oxygen atoms in total. The SMILES string of the molecule is CCCCCCCCCCCc1cc(Cc2ccccc2)c(S)c(Cc2ccccc2)c1. The number of unbranched alkanes of at least 4 members (excludes halogenated alkanes) is 8. The lowest BCUT2D eigenvalue weighted by atomic mass is 9.94. The highest BCUT2D eigenvalue weighted by atomic mass is 32.1. The number of hydrogen-bond acceptors (Lipinski definition) is 1. The predicted molar refractivity (Wildman–Crippen MR) is 143 cm³/mol. The third kappa shape index (κ3) is 8.51. The van der Waals surface area contributed by atoms with Crippen molar-refractivity contribution in [2.24, 2.45) is 0 Å². The topological polar surface area (TPSA) is 0 Å². The van der Waals surface area contributed by atoms with Gasteiger partial charge in [0.1, 0.15) is 0 Å². The lowest BCUT2D eigenvalue weighted by Crippen LogP contribution is -2.00. The number of rotatable bonds is 14. The van der Waals surface area contributed by atoms with Crippen molar-refractivity contribution >= 4 is 12.6 Å². The first-order valence-corrected chi connectivity index (χ1v) is 13.1. The van der Waals surface area contributed by atoms with E-state index in [0.717, 1.165) is 17.7 Å². The van der Waals surface area contributed by atoms with Crippen LogP contribution in [0.15, 0.2) is 77.7 Å². The average molecular weight is 445 g/mol. The molecule has 0 bridgehead atoms. The van der Waals surface area contributed by atoms with Crippen LogP contribution in [-0.2, 0) is 19.3 Å². The van der Waals surface area contributed by atoms with Gasteiger partial charge in [-0.1, -0.05) is 131 Å². The van der Waals surface area contributed by atoms with Crippen molar-refractivity contribution in [1.29, 1.82) is 0 Å². The predicted octanol–water partition coefficient (Wildman–Crippen LogP) is 9.23. The summed E-state index contributed by atoms with van der Waals surface area (Å²) in [5, 5.41) is 0. The Morgan fingerprint density at radius 2 is 0.969 bits per heavy atom. The lowest BCUT2D eigenvalue weighted by Gasteiger charge is -2.15. The van der Waals surface area contributed by atoms with Crippen LogP contribution in [0, 0.1) is 0 Å². The van der Waals surface area contributed by atoms with Gasteiger partial charge in [0.15, 0.2) is 0 Å². The van der Waals surface area contributed by atoms with E-state index in [9.17, 15) is 0 Å². The molecule has 0 aliphatic carbocycles. The van der Waals surface area contributed by atoms with Crippen molar-refractivity contribution in [2.45, 2.75) is 88.9 Å². The summed E-state index contributed by atoms with van der Waals surface area (Å²) in [6.45, 7) is 2.29. The van der Waals surface area contributed by atoms with Crippen LogP contribution < -0.4 is 0 Å². The van der Waals surface area contributed by atoms with Crippen molar-refractivity contribution < 1.29 is 0 Å². The van der Waals surface area contributed by atoms with Gasteiger partial charge in [-0.15, -0.1) is 12.6 Å². The van der Waals surface area contributed by atoms with Crippen LogP contribution in [0.3, 0.4) is 0 Å². The zero-order valence-corrected chi connectivity index (χ0v) is 20.8. The zero-order chi connectivity index (χ0) is 22.4. The van der Waals surface area contributed by atoms with Gasteiger partial charge in [-0.25, -0.2) is 0 Å². The van der Waals surface area contributed by atoms with Gasteiger partial charge in [-0.05, 0) is 53.5 Å². The van der Waals surface area contributed by atoms with Gasteiger partial charge >= 0.3 is 0 Å². The van der Waals surface area contributed by atoms with E-state index in [2.05, 4.69) is 79.7 Å². The van der Waals surface area contributed by atoms with Gasteiger partial charge in [-0.3, -0.25) is 0 Å². The van der Waals surface area contributed by atoms with Crippen LogP contribution in [0.5, 0.6) is 0 Å². The summed E-state index contributed by atoms with van der Waals surface area (Å²) in [7, 11) is 0. The second kappa shape index (κ2) is 14.2. The molecule has 3 aromatic carbocycles. The fourth-order valence-electron chi connectivity index (χ4n) is 4.52. The van der Waals surface area contributed by atoms with Crippen LogP contribution in [0.25, 0.3) is 0 Å². The number of hydrogen-bond donors (Lipinski definition) is 1. The van der Waals surface area contributed by atoms with E-state index >= 15 is 0 Å². The third-order valence-corrected chi connectivity index (χ3v) is 6.95.